The Kier molecular flexibility index (Phi) is 5.78. The van der Waals surface area contributed by atoms with Crippen molar-refractivity contribution in [1.82, 2.24) is 0 Å². The first kappa shape index (κ1) is 25.1. The molecular weight excluding hydrogens is 555 g/mol. The summed E-state index contributed by atoms with van der Waals surface area (Å²) in [5.74, 6) is 0. The van der Waals surface area contributed by atoms with Crippen LogP contribution in [0.2, 0.25) is 0 Å². The van der Waals surface area contributed by atoms with Crippen LogP contribution in [0.25, 0.3) is 64.0 Å². The lowest BCUT2D eigenvalue weighted by Gasteiger charge is -2.27. The second kappa shape index (κ2) is 10.1. The van der Waals surface area contributed by atoms with E-state index in [1.807, 2.05) is 23.5 Å². The Balaban J connectivity index is 1.28. The summed E-state index contributed by atoms with van der Waals surface area (Å²) < 4.78 is 9.01. The van der Waals surface area contributed by atoms with Gasteiger partial charge in [0, 0.05) is 44.5 Å². The molecule has 0 atom stereocenters. The number of thiophene rings is 1. The SMILES string of the molecule is c1ccc(-c2ccccc2CN(c2ccc3c(c2)oc2ccccc23)c2cccc3c2sc2c4ccccc4ccc32)cc1. The molecule has 0 bridgehead atoms. The standard InChI is InChI=1S/C41H27NOS/c1-2-11-27(12-3-1)31-15-6-5-14-29(31)26-42(30-22-24-34-33-17-8-9-20-38(33)43-39(34)25-30)37-19-10-18-35-36-23-21-28-13-4-7-16-32(28)40(36)44-41(35)37/h1-25H,26H2. The van der Waals surface area contributed by atoms with E-state index >= 15 is 0 Å². The van der Waals surface area contributed by atoms with Gasteiger partial charge in [0.2, 0.25) is 0 Å². The summed E-state index contributed by atoms with van der Waals surface area (Å²) in [5, 5.41) is 7.47. The van der Waals surface area contributed by atoms with Crippen LogP contribution in [0.15, 0.2) is 156 Å². The highest BCUT2D eigenvalue weighted by Crippen LogP contribution is 2.45. The largest absolute Gasteiger partial charge is 0.456 e. The first-order chi connectivity index (χ1) is 21.8. The average molecular weight is 582 g/mol. The Bertz CT molecular complexity index is 2490. The Morgan fingerprint density at radius 1 is 0.500 bits per heavy atom. The van der Waals surface area contributed by atoms with Gasteiger partial charge in [-0.05, 0) is 51.7 Å². The van der Waals surface area contributed by atoms with Crippen molar-refractivity contribution in [3.8, 4) is 11.1 Å². The molecule has 0 amide bonds. The van der Waals surface area contributed by atoms with Gasteiger partial charge in [-0.15, -0.1) is 11.3 Å². The molecule has 0 radical (unpaired) electrons. The van der Waals surface area contributed by atoms with Crippen LogP contribution in [0, 0.1) is 0 Å². The van der Waals surface area contributed by atoms with E-state index in [-0.39, 0.29) is 0 Å². The summed E-state index contributed by atoms with van der Waals surface area (Å²) >= 11 is 1.89. The van der Waals surface area contributed by atoms with Crippen LogP contribution in [0.1, 0.15) is 5.56 Å². The average Bonchev–Trinajstić information content (AvgIpc) is 3.66. The van der Waals surface area contributed by atoms with Gasteiger partial charge in [0.25, 0.3) is 0 Å². The zero-order valence-electron chi connectivity index (χ0n) is 23.9. The number of furan rings is 1. The molecule has 2 nitrogen and oxygen atoms in total. The summed E-state index contributed by atoms with van der Waals surface area (Å²) in [6.07, 6.45) is 0. The number of para-hydroxylation sites is 1. The second-order valence-corrected chi connectivity index (χ2v) is 12.3. The molecule has 0 spiro atoms. The molecule has 3 heteroatoms. The Morgan fingerprint density at radius 2 is 1.20 bits per heavy atom. The molecule has 0 aliphatic rings. The monoisotopic (exact) mass is 581 g/mol. The van der Waals surface area contributed by atoms with E-state index in [1.54, 1.807) is 0 Å². The molecule has 0 aliphatic carbocycles. The third kappa shape index (κ3) is 4.01. The molecule has 7 aromatic carbocycles. The molecule has 208 valence electrons. The van der Waals surface area contributed by atoms with E-state index < -0.39 is 0 Å². The molecule has 9 aromatic rings. The summed E-state index contributed by atoms with van der Waals surface area (Å²) in [6.45, 7) is 0.713. The first-order valence-corrected chi connectivity index (χ1v) is 15.8. The number of nitrogens with zero attached hydrogens (tertiary/aromatic N) is 1. The fourth-order valence-corrected chi connectivity index (χ4v) is 8.01. The highest BCUT2D eigenvalue weighted by Gasteiger charge is 2.20. The molecule has 0 saturated heterocycles. The van der Waals surface area contributed by atoms with Crippen molar-refractivity contribution >= 4 is 75.6 Å². The Labute approximate surface area is 259 Å². The van der Waals surface area contributed by atoms with E-state index in [2.05, 4.69) is 144 Å². The van der Waals surface area contributed by atoms with Gasteiger partial charge in [0.1, 0.15) is 11.2 Å². The maximum absolute atomic E-state index is 6.38. The molecule has 9 rings (SSSR count). The molecule has 2 aromatic heterocycles. The number of anilines is 2. The molecule has 0 aliphatic heterocycles. The van der Waals surface area contributed by atoms with Crippen molar-refractivity contribution in [1.29, 1.82) is 0 Å². The van der Waals surface area contributed by atoms with Crippen LogP contribution in [-0.2, 0) is 6.54 Å². The van der Waals surface area contributed by atoms with Crippen LogP contribution in [0.5, 0.6) is 0 Å². The van der Waals surface area contributed by atoms with Gasteiger partial charge in [-0.2, -0.15) is 0 Å². The molecule has 2 heterocycles. The van der Waals surface area contributed by atoms with Crippen molar-refractivity contribution in [3.63, 3.8) is 0 Å². The number of hydrogen-bond acceptors (Lipinski definition) is 3. The van der Waals surface area contributed by atoms with Gasteiger partial charge >= 0.3 is 0 Å². The lowest BCUT2D eigenvalue weighted by Crippen LogP contribution is -2.17. The van der Waals surface area contributed by atoms with Crippen molar-refractivity contribution in [2.45, 2.75) is 6.54 Å². The smallest absolute Gasteiger partial charge is 0.137 e. The maximum atomic E-state index is 6.38. The van der Waals surface area contributed by atoms with E-state index in [1.165, 1.54) is 53.3 Å². The number of benzene rings is 7. The molecular formula is C41H27NOS. The zero-order valence-corrected chi connectivity index (χ0v) is 24.7. The third-order valence-corrected chi connectivity index (χ3v) is 10.0. The summed E-state index contributed by atoms with van der Waals surface area (Å²) in [5.41, 5.74) is 7.87. The van der Waals surface area contributed by atoms with Gasteiger partial charge in [-0.3, -0.25) is 0 Å². The molecule has 0 saturated carbocycles. The van der Waals surface area contributed by atoms with Crippen LogP contribution in [0.4, 0.5) is 11.4 Å². The predicted molar refractivity (Wildman–Crippen MR) is 188 cm³/mol. The number of hydrogen-bond donors (Lipinski definition) is 0. The van der Waals surface area contributed by atoms with Crippen molar-refractivity contribution in [3.05, 3.63) is 157 Å². The van der Waals surface area contributed by atoms with Gasteiger partial charge in [-0.1, -0.05) is 121 Å². The minimum absolute atomic E-state index is 0.713. The summed E-state index contributed by atoms with van der Waals surface area (Å²) in [7, 11) is 0. The van der Waals surface area contributed by atoms with Gasteiger partial charge in [-0.25, -0.2) is 0 Å². The van der Waals surface area contributed by atoms with Crippen molar-refractivity contribution in [2.75, 3.05) is 4.90 Å². The molecule has 0 unspecified atom stereocenters. The maximum Gasteiger partial charge on any atom is 0.137 e. The fraction of sp³-hybridized carbons (Fsp3) is 0.0244. The summed E-state index contributed by atoms with van der Waals surface area (Å²) in [6, 6.07) is 54.4. The van der Waals surface area contributed by atoms with Gasteiger partial charge in [0.15, 0.2) is 0 Å². The number of rotatable bonds is 5. The second-order valence-electron chi connectivity index (χ2n) is 11.3. The molecule has 0 N–H and O–H groups in total. The van der Waals surface area contributed by atoms with E-state index in [4.69, 9.17) is 4.42 Å². The van der Waals surface area contributed by atoms with Crippen LogP contribution in [-0.4, -0.2) is 0 Å². The van der Waals surface area contributed by atoms with Crippen LogP contribution in [0.3, 0.4) is 0 Å². The third-order valence-electron chi connectivity index (χ3n) is 8.76. The first-order valence-electron chi connectivity index (χ1n) is 15.0. The van der Waals surface area contributed by atoms with Gasteiger partial charge in [0.05, 0.1) is 10.4 Å². The summed E-state index contributed by atoms with van der Waals surface area (Å²) in [4.78, 5) is 2.47. The highest BCUT2D eigenvalue weighted by molar-refractivity contribution is 7.27. The quantitative estimate of drug-likeness (QED) is 0.201. The van der Waals surface area contributed by atoms with Crippen LogP contribution < -0.4 is 4.90 Å². The van der Waals surface area contributed by atoms with E-state index in [0.717, 1.165) is 27.6 Å². The minimum Gasteiger partial charge on any atom is -0.456 e. The fourth-order valence-electron chi connectivity index (χ4n) is 6.65. The molecule has 44 heavy (non-hydrogen) atoms. The van der Waals surface area contributed by atoms with Gasteiger partial charge < -0.3 is 9.32 Å². The zero-order chi connectivity index (χ0) is 29.0. The predicted octanol–water partition coefficient (Wildman–Crippen LogP) is 12.1. The Hall–Kier alpha value is -5.38. The van der Waals surface area contributed by atoms with Crippen molar-refractivity contribution < 1.29 is 4.42 Å². The van der Waals surface area contributed by atoms with Crippen LogP contribution >= 0.6 is 11.3 Å². The minimum atomic E-state index is 0.713. The lowest BCUT2D eigenvalue weighted by atomic mass is 9.99. The highest BCUT2D eigenvalue weighted by atomic mass is 32.1. The Morgan fingerprint density at radius 3 is 2.14 bits per heavy atom. The molecule has 0 fully saturated rings. The van der Waals surface area contributed by atoms with E-state index in [0.29, 0.717) is 6.54 Å². The lowest BCUT2D eigenvalue weighted by molar-refractivity contribution is 0.669. The topological polar surface area (TPSA) is 16.4 Å². The number of fused-ring (bicyclic) bond motifs is 8. The normalized spacial score (nSPS) is 11.7. The van der Waals surface area contributed by atoms with E-state index in [9.17, 15) is 0 Å². The van der Waals surface area contributed by atoms with Crippen molar-refractivity contribution in [2.24, 2.45) is 0 Å².